The Hall–Kier alpha value is -2.16. The lowest BCUT2D eigenvalue weighted by atomic mass is 10.1. The SMILES string of the molecule is O=C(O)/C=C\c1cccc2cccnc12. The van der Waals surface area contributed by atoms with Crippen LogP contribution in [0.2, 0.25) is 0 Å². The molecule has 2 rings (SSSR count). The zero-order chi connectivity index (χ0) is 10.7. The highest BCUT2D eigenvalue weighted by molar-refractivity contribution is 5.92. The number of hydrogen-bond donors (Lipinski definition) is 1. The van der Waals surface area contributed by atoms with Gasteiger partial charge in [-0.25, -0.2) is 4.79 Å². The van der Waals surface area contributed by atoms with Gasteiger partial charge >= 0.3 is 5.97 Å². The Balaban J connectivity index is 2.56. The molecule has 2 aromatic rings. The van der Waals surface area contributed by atoms with Crippen LogP contribution in [-0.2, 0) is 4.79 Å². The molecule has 0 atom stereocenters. The lowest BCUT2D eigenvalue weighted by Gasteiger charge is -1.99. The molecule has 0 saturated heterocycles. The van der Waals surface area contributed by atoms with E-state index < -0.39 is 5.97 Å². The van der Waals surface area contributed by atoms with E-state index in [1.54, 1.807) is 12.3 Å². The van der Waals surface area contributed by atoms with Gasteiger partial charge < -0.3 is 5.11 Å². The number of carboxylic acid groups (broad SMARTS) is 1. The van der Waals surface area contributed by atoms with Crippen LogP contribution in [-0.4, -0.2) is 16.1 Å². The molecule has 1 aromatic heterocycles. The van der Waals surface area contributed by atoms with Crippen molar-refractivity contribution in [3.05, 3.63) is 48.2 Å². The largest absolute Gasteiger partial charge is 0.478 e. The molecule has 1 aromatic carbocycles. The van der Waals surface area contributed by atoms with Crippen LogP contribution in [0.25, 0.3) is 17.0 Å². The third kappa shape index (κ3) is 2.02. The van der Waals surface area contributed by atoms with Crippen LogP contribution in [0.5, 0.6) is 0 Å². The number of aromatic nitrogens is 1. The van der Waals surface area contributed by atoms with Crippen molar-refractivity contribution in [1.29, 1.82) is 0 Å². The summed E-state index contributed by atoms with van der Waals surface area (Å²) in [6.07, 6.45) is 4.36. The molecule has 0 bridgehead atoms. The molecule has 1 N–H and O–H groups in total. The van der Waals surface area contributed by atoms with Gasteiger partial charge in [0.25, 0.3) is 0 Å². The second kappa shape index (κ2) is 3.92. The lowest BCUT2D eigenvalue weighted by Crippen LogP contribution is -1.87. The van der Waals surface area contributed by atoms with E-state index in [9.17, 15) is 4.79 Å². The fourth-order valence-corrected chi connectivity index (χ4v) is 1.42. The van der Waals surface area contributed by atoms with E-state index in [4.69, 9.17) is 5.11 Å². The van der Waals surface area contributed by atoms with E-state index in [-0.39, 0.29) is 0 Å². The average Bonchev–Trinajstić information content (AvgIpc) is 2.26. The van der Waals surface area contributed by atoms with E-state index in [0.29, 0.717) is 0 Å². The number of para-hydroxylation sites is 1. The van der Waals surface area contributed by atoms with Crippen LogP contribution in [0, 0.1) is 0 Å². The third-order valence-corrected chi connectivity index (χ3v) is 2.07. The van der Waals surface area contributed by atoms with E-state index >= 15 is 0 Å². The maximum Gasteiger partial charge on any atom is 0.328 e. The Kier molecular flexibility index (Phi) is 2.46. The summed E-state index contributed by atoms with van der Waals surface area (Å²) >= 11 is 0. The topological polar surface area (TPSA) is 50.2 Å². The maximum absolute atomic E-state index is 10.4. The first-order valence-corrected chi connectivity index (χ1v) is 4.52. The summed E-state index contributed by atoms with van der Waals surface area (Å²) in [7, 11) is 0. The Morgan fingerprint density at radius 3 is 2.87 bits per heavy atom. The Morgan fingerprint density at radius 2 is 2.07 bits per heavy atom. The molecule has 3 heteroatoms. The Morgan fingerprint density at radius 1 is 1.27 bits per heavy atom. The molecule has 3 nitrogen and oxygen atoms in total. The predicted molar refractivity (Wildman–Crippen MR) is 58.4 cm³/mol. The van der Waals surface area contributed by atoms with Gasteiger partial charge in [0.05, 0.1) is 5.52 Å². The van der Waals surface area contributed by atoms with Crippen molar-refractivity contribution >= 4 is 22.9 Å². The van der Waals surface area contributed by atoms with Gasteiger partial charge in [-0.05, 0) is 12.1 Å². The Labute approximate surface area is 86.7 Å². The van der Waals surface area contributed by atoms with Gasteiger partial charge in [-0.15, -0.1) is 0 Å². The van der Waals surface area contributed by atoms with Crippen LogP contribution in [0.4, 0.5) is 0 Å². The van der Waals surface area contributed by atoms with Crippen LogP contribution in [0.15, 0.2) is 42.6 Å². The molecular formula is C12H9NO2. The second-order valence-electron chi connectivity index (χ2n) is 3.09. The fraction of sp³-hybridized carbons (Fsp3) is 0. The summed E-state index contributed by atoms with van der Waals surface area (Å²) in [6, 6.07) is 9.47. The summed E-state index contributed by atoms with van der Waals surface area (Å²) in [6.45, 7) is 0. The van der Waals surface area contributed by atoms with Crippen LogP contribution in [0.1, 0.15) is 5.56 Å². The third-order valence-electron chi connectivity index (χ3n) is 2.07. The number of nitrogens with zero attached hydrogens (tertiary/aromatic N) is 1. The number of rotatable bonds is 2. The van der Waals surface area contributed by atoms with Gasteiger partial charge in [-0.3, -0.25) is 4.98 Å². The zero-order valence-corrected chi connectivity index (χ0v) is 7.92. The Bertz CT molecular complexity index is 527. The highest BCUT2D eigenvalue weighted by Gasteiger charge is 1.98. The average molecular weight is 199 g/mol. The van der Waals surface area contributed by atoms with Crippen LogP contribution >= 0.6 is 0 Å². The van der Waals surface area contributed by atoms with Gasteiger partial charge in [-0.1, -0.05) is 24.3 Å². The van der Waals surface area contributed by atoms with Gasteiger partial charge in [0.1, 0.15) is 0 Å². The van der Waals surface area contributed by atoms with Gasteiger partial charge in [-0.2, -0.15) is 0 Å². The predicted octanol–water partition coefficient (Wildman–Crippen LogP) is 2.33. The second-order valence-corrected chi connectivity index (χ2v) is 3.09. The van der Waals surface area contributed by atoms with Crippen molar-refractivity contribution < 1.29 is 9.90 Å². The number of hydrogen-bond acceptors (Lipinski definition) is 2. The number of carboxylic acids is 1. The van der Waals surface area contributed by atoms with E-state index in [1.807, 2.05) is 30.3 Å². The van der Waals surface area contributed by atoms with Gasteiger partial charge in [0.2, 0.25) is 0 Å². The molecule has 0 fully saturated rings. The van der Waals surface area contributed by atoms with Gasteiger partial charge in [0, 0.05) is 23.2 Å². The number of aliphatic carboxylic acids is 1. The molecule has 0 aliphatic carbocycles. The number of carbonyl (C=O) groups is 1. The van der Waals surface area contributed by atoms with Crippen LogP contribution in [0.3, 0.4) is 0 Å². The summed E-state index contributed by atoms with van der Waals surface area (Å²) < 4.78 is 0. The van der Waals surface area contributed by atoms with Crippen molar-refractivity contribution in [3.63, 3.8) is 0 Å². The molecule has 0 saturated carbocycles. The summed E-state index contributed by atoms with van der Waals surface area (Å²) in [5.74, 6) is -0.956. The van der Waals surface area contributed by atoms with Crippen LogP contribution < -0.4 is 0 Å². The molecule has 15 heavy (non-hydrogen) atoms. The fourth-order valence-electron chi connectivity index (χ4n) is 1.42. The highest BCUT2D eigenvalue weighted by Crippen LogP contribution is 2.16. The van der Waals surface area contributed by atoms with E-state index in [1.165, 1.54) is 0 Å². The van der Waals surface area contributed by atoms with Crippen molar-refractivity contribution in [1.82, 2.24) is 4.98 Å². The van der Waals surface area contributed by atoms with E-state index in [2.05, 4.69) is 4.98 Å². The lowest BCUT2D eigenvalue weighted by molar-refractivity contribution is -0.131. The van der Waals surface area contributed by atoms with Crippen molar-refractivity contribution in [2.75, 3.05) is 0 Å². The van der Waals surface area contributed by atoms with E-state index in [0.717, 1.165) is 22.5 Å². The molecule has 0 aliphatic rings. The minimum absolute atomic E-state index is 0.815. The minimum atomic E-state index is -0.956. The smallest absolute Gasteiger partial charge is 0.328 e. The molecule has 0 radical (unpaired) electrons. The number of benzene rings is 1. The molecule has 74 valence electrons. The summed E-state index contributed by atoms with van der Waals surface area (Å²) in [5.41, 5.74) is 1.63. The van der Waals surface area contributed by atoms with Gasteiger partial charge in [0.15, 0.2) is 0 Å². The first-order chi connectivity index (χ1) is 7.27. The highest BCUT2D eigenvalue weighted by atomic mass is 16.4. The standard InChI is InChI=1S/C12H9NO2/c14-11(15)7-6-10-4-1-3-9-5-2-8-13-12(9)10/h1-8H,(H,14,15)/b7-6-. The number of fused-ring (bicyclic) bond motifs is 1. The maximum atomic E-state index is 10.4. The molecule has 0 amide bonds. The van der Waals surface area contributed by atoms with Crippen molar-refractivity contribution in [3.8, 4) is 0 Å². The first-order valence-electron chi connectivity index (χ1n) is 4.52. The molecule has 0 spiro atoms. The molecular weight excluding hydrogens is 190 g/mol. The van der Waals surface area contributed by atoms with Crippen molar-refractivity contribution in [2.24, 2.45) is 0 Å². The molecule has 1 heterocycles. The summed E-state index contributed by atoms with van der Waals surface area (Å²) in [4.78, 5) is 14.6. The minimum Gasteiger partial charge on any atom is -0.478 e. The van der Waals surface area contributed by atoms with Crippen molar-refractivity contribution in [2.45, 2.75) is 0 Å². The number of pyridine rings is 1. The molecule has 0 unspecified atom stereocenters. The monoisotopic (exact) mass is 199 g/mol. The zero-order valence-electron chi connectivity index (χ0n) is 7.92. The summed E-state index contributed by atoms with van der Waals surface area (Å²) in [5, 5.41) is 9.54. The first kappa shape index (κ1) is 9.40. The normalized spacial score (nSPS) is 10.9. The quantitative estimate of drug-likeness (QED) is 0.755. The molecule has 0 aliphatic heterocycles.